The van der Waals surface area contributed by atoms with E-state index in [1.165, 1.54) is 12.1 Å². The summed E-state index contributed by atoms with van der Waals surface area (Å²) in [6, 6.07) is 9.35. The second-order valence-electron chi connectivity index (χ2n) is 8.67. The first kappa shape index (κ1) is 25.1. The van der Waals surface area contributed by atoms with E-state index in [4.69, 9.17) is 18.6 Å². The smallest absolute Gasteiger partial charge is 0.453 e. The third-order valence-corrected chi connectivity index (χ3v) is 6.88. The minimum absolute atomic E-state index is 0.00238. The predicted octanol–water partition coefficient (Wildman–Crippen LogP) is 5.24. The quantitative estimate of drug-likeness (QED) is 0.403. The summed E-state index contributed by atoms with van der Waals surface area (Å²) in [6.07, 6.45) is -4.08. The van der Waals surface area contributed by atoms with Crippen molar-refractivity contribution in [3.63, 3.8) is 0 Å². The number of rotatable bonds is 6. The Hall–Kier alpha value is -2.60. The Morgan fingerprint density at radius 2 is 1.78 bits per heavy atom. The normalized spacial score (nSPS) is 17.1. The van der Waals surface area contributed by atoms with Gasteiger partial charge in [-0.1, -0.05) is 12.1 Å². The summed E-state index contributed by atoms with van der Waals surface area (Å²) in [6.45, 7) is 5.41. The lowest BCUT2D eigenvalue weighted by atomic mass is 10.1. The van der Waals surface area contributed by atoms with E-state index in [9.17, 15) is 18.0 Å². The lowest BCUT2D eigenvalue weighted by Crippen LogP contribution is -2.39. The number of morpholine rings is 1. The molecular formula is C25H24BrF3N2O5. The Balaban J connectivity index is 1.46. The van der Waals surface area contributed by atoms with Crippen molar-refractivity contribution >= 4 is 26.9 Å². The van der Waals surface area contributed by atoms with Crippen LogP contribution in [0.15, 0.2) is 50.1 Å². The van der Waals surface area contributed by atoms with Crippen molar-refractivity contribution in [2.75, 3.05) is 46.1 Å². The van der Waals surface area contributed by atoms with Gasteiger partial charge < -0.3 is 18.6 Å². The molecule has 2 aliphatic heterocycles. The molecule has 0 N–H and O–H groups in total. The zero-order chi connectivity index (χ0) is 25.3. The number of hydrogen-bond donors (Lipinski definition) is 0. The van der Waals surface area contributed by atoms with E-state index in [0.717, 1.165) is 39.3 Å². The lowest BCUT2D eigenvalue weighted by Gasteiger charge is -2.31. The number of alkyl halides is 3. The molecule has 5 rings (SSSR count). The molecule has 192 valence electrons. The number of ether oxygens (including phenoxy) is 3. The first-order chi connectivity index (χ1) is 17.3. The highest BCUT2D eigenvalue weighted by molar-refractivity contribution is 9.10. The minimum Gasteiger partial charge on any atom is -0.478 e. The molecule has 0 spiro atoms. The summed E-state index contributed by atoms with van der Waals surface area (Å²) in [4.78, 5) is 17.6. The third kappa shape index (κ3) is 5.24. The first-order valence-corrected chi connectivity index (χ1v) is 12.4. The van der Waals surface area contributed by atoms with Crippen LogP contribution in [0.1, 0.15) is 17.7 Å². The molecular weight excluding hydrogens is 545 g/mol. The zero-order valence-corrected chi connectivity index (χ0v) is 20.9. The number of nitrogens with zero attached hydrogens (tertiary/aromatic N) is 2. The molecule has 2 aromatic carbocycles. The molecule has 0 amide bonds. The Bertz CT molecular complexity index is 1310. The van der Waals surface area contributed by atoms with E-state index in [1.807, 2.05) is 4.90 Å². The van der Waals surface area contributed by atoms with E-state index in [-0.39, 0.29) is 16.7 Å². The van der Waals surface area contributed by atoms with Gasteiger partial charge in [-0.15, -0.1) is 0 Å². The number of halogens is 4. The average molecular weight is 569 g/mol. The summed E-state index contributed by atoms with van der Waals surface area (Å²) < 4.78 is 64.5. The largest absolute Gasteiger partial charge is 0.478 e. The van der Waals surface area contributed by atoms with Gasteiger partial charge in [-0.2, -0.15) is 13.2 Å². The molecule has 1 saturated heterocycles. The van der Waals surface area contributed by atoms with Crippen LogP contribution in [-0.2, 0) is 17.5 Å². The standard InChI is InChI=1S/C25H24BrF3N2O5/c26-18-4-1-2-5-20(18)35-23-21(32)16-6-7-19-17(22(16)36-24(23)25(27,28)29)14-31(15-34-19)9-3-8-30-10-12-33-13-11-30/h1-2,4-7H,3,8-15H2. The first-order valence-electron chi connectivity index (χ1n) is 11.6. The molecule has 1 aromatic heterocycles. The molecule has 2 aliphatic rings. The highest BCUT2D eigenvalue weighted by Crippen LogP contribution is 2.41. The van der Waals surface area contributed by atoms with Gasteiger partial charge in [-0.3, -0.25) is 14.6 Å². The van der Waals surface area contributed by atoms with Gasteiger partial charge in [0.05, 0.1) is 28.6 Å². The summed E-state index contributed by atoms with van der Waals surface area (Å²) in [5, 5.41) is 0.00238. The van der Waals surface area contributed by atoms with Gasteiger partial charge in [0.25, 0.3) is 5.76 Å². The zero-order valence-electron chi connectivity index (χ0n) is 19.3. The molecule has 0 aliphatic carbocycles. The maximum absolute atomic E-state index is 14.0. The Morgan fingerprint density at radius 3 is 2.53 bits per heavy atom. The monoisotopic (exact) mass is 568 g/mol. The van der Waals surface area contributed by atoms with Gasteiger partial charge >= 0.3 is 6.18 Å². The Morgan fingerprint density at radius 1 is 1.03 bits per heavy atom. The van der Waals surface area contributed by atoms with Crippen molar-refractivity contribution < 1.29 is 31.8 Å². The average Bonchev–Trinajstić information content (AvgIpc) is 2.86. The topological polar surface area (TPSA) is 64.4 Å². The molecule has 1 fully saturated rings. The molecule has 3 heterocycles. The second kappa shape index (κ2) is 10.4. The second-order valence-corrected chi connectivity index (χ2v) is 9.53. The SMILES string of the molecule is O=c1c(Oc2ccccc2Br)c(C(F)(F)F)oc2c3c(ccc12)OCN(CCCN1CCOCC1)C3. The van der Waals surface area contributed by atoms with Crippen molar-refractivity contribution in [3.8, 4) is 17.2 Å². The lowest BCUT2D eigenvalue weighted by molar-refractivity contribution is -0.154. The van der Waals surface area contributed by atoms with E-state index < -0.39 is 23.1 Å². The number of hydrogen-bond acceptors (Lipinski definition) is 7. The van der Waals surface area contributed by atoms with Crippen LogP contribution in [-0.4, -0.2) is 55.9 Å². The number of fused-ring (bicyclic) bond motifs is 3. The molecule has 36 heavy (non-hydrogen) atoms. The summed E-state index contributed by atoms with van der Waals surface area (Å²) in [7, 11) is 0. The highest BCUT2D eigenvalue weighted by Gasteiger charge is 2.41. The highest BCUT2D eigenvalue weighted by atomic mass is 79.9. The Kier molecular flexibility index (Phi) is 7.25. The maximum Gasteiger partial charge on any atom is 0.453 e. The van der Waals surface area contributed by atoms with E-state index in [0.29, 0.717) is 35.6 Å². The number of para-hydroxylation sites is 1. The third-order valence-electron chi connectivity index (χ3n) is 6.22. The summed E-state index contributed by atoms with van der Waals surface area (Å²) in [5.41, 5.74) is -0.617. The van der Waals surface area contributed by atoms with Crippen LogP contribution >= 0.6 is 15.9 Å². The molecule has 11 heteroatoms. The molecule has 0 saturated carbocycles. The van der Waals surface area contributed by atoms with Crippen molar-refractivity contribution in [1.29, 1.82) is 0 Å². The number of benzene rings is 2. The summed E-state index contributed by atoms with van der Waals surface area (Å²) >= 11 is 3.23. The van der Waals surface area contributed by atoms with Crippen molar-refractivity contribution in [3.05, 3.63) is 62.4 Å². The van der Waals surface area contributed by atoms with Gasteiger partial charge in [-0.25, -0.2) is 0 Å². The van der Waals surface area contributed by atoms with Gasteiger partial charge in [-0.05, 0) is 53.2 Å². The van der Waals surface area contributed by atoms with E-state index in [1.54, 1.807) is 24.3 Å². The van der Waals surface area contributed by atoms with Crippen LogP contribution in [0.4, 0.5) is 13.2 Å². The molecule has 0 unspecified atom stereocenters. The molecule has 3 aromatic rings. The molecule has 7 nitrogen and oxygen atoms in total. The fourth-order valence-electron chi connectivity index (χ4n) is 4.40. The fraction of sp³-hybridized carbons (Fsp3) is 0.400. The predicted molar refractivity (Wildman–Crippen MR) is 129 cm³/mol. The van der Waals surface area contributed by atoms with Crippen molar-refractivity contribution in [2.45, 2.75) is 19.1 Å². The van der Waals surface area contributed by atoms with Gasteiger partial charge in [0, 0.05) is 26.2 Å². The van der Waals surface area contributed by atoms with Crippen LogP contribution in [0.2, 0.25) is 0 Å². The van der Waals surface area contributed by atoms with Crippen LogP contribution in [0.3, 0.4) is 0 Å². The fourth-order valence-corrected chi connectivity index (χ4v) is 4.76. The maximum atomic E-state index is 14.0. The van der Waals surface area contributed by atoms with Crippen LogP contribution in [0.5, 0.6) is 17.2 Å². The minimum atomic E-state index is -4.94. The van der Waals surface area contributed by atoms with E-state index >= 15 is 0 Å². The Labute approximate surface area is 213 Å². The summed E-state index contributed by atoms with van der Waals surface area (Å²) in [5.74, 6) is -1.90. The van der Waals surface area contributed by atoms with Crippen LogP contribution < -0.4 is 14.9 Å². The van der Waals surface area contributed by atoms with Crippen LogP contribution in [0, 0.1) is 0 Å². The van der Waals surface area contributed by atoms with Gasteiger partial charge in [0.2, 0.25) is 11.2 Å². The molecule has 0 radical (unpaired) electrons. The van der Waals surface area contributed by atoms with Gasteiger partial charge in [0.15, 0.2) is 0 Å². The van der Waals surface area contributed by atoms with Crippen molar-refractivity contribution in [2.24, 2.45) is 0 Å². The van der Waals surface area contributed by atoms with Crippen LogP contribution in [0.25, 0.3) is 11.0 Å². The molecule has 0 atom stereocenters. The molecule has 0 bridgehead atoms. The van der Waals surface area contributed by atoms with E-state index in [2.05, 4.69) is 20.8 Å². The van der Waals surface area contributed by atoms with Gasteiger partial charge in [0.1, 0.15) is 23.8 Å². The van der Waals surface area contributed by atoms with Crippen molar-refractivity contribution in [1.82, 2.24) is 9.80 Å².